The van der Waals surface area contributed by atoms with Gasteiger partial charge in [-0.05, 0) is 44.9 Å². The molecule has 2 N–H and O–H groups in total. The Morgan fingerprint density at radius 1 is 0.462 bits per heavy atom. The minimum absolute atomic E-state index is 0.0350. The summed E-state index contributed by atoms with van der Waals surface area (Å²) in [4.78, 5) is 21.8. The lowest BCUT2D eigenvalue weighted by Gasteiger charge is -2.19. The van der Waals surface area contributed by atoms with E-state index in [-0.39, 0.29) is 5.91 Å². The fraction of sp³-hybridized carbons (Fsp3) is 0.947. The molecule has 0 fully saturated rings. The van der Waals surface area contributed by atoms with Crippen LogP contribution in [0.1, 0.15) is 82.6 Å². The van der Waals surface area contributed by atoms with Crippen molar-refractivity contribution in [3.8, 4) is 0 Å². The van der Waals surface area contributed by atoms with Crippen LogP contribution in [0.15, 0.2) is 0 Å². The number of alkyl carbamates (subject to hydrolysis) is 1. The van der Waals surface area contributed by atoms with E-state index in [4.69, 9.17) is 47.4 Å². The molecule has 0 spiro atoms. The van der Waals surface area contributed by atoms with Crippen molar-refractivity contribution < 1.29 is 57.0 Å². The number of ether oxygens (including phenoxy) is 10. The molecule has 0 saturated carbocycles. The minimum atomic E-state index is -0.476. The van der Waals surface area contributed by atoms with Crippen LogP contribution in [0.5, 0.6) is 0 Å². The highest BCUT2D eigenvalue weighted by atomic mass is 16.6. The standard InChI is InChI=1S/C15H31NO5.C12H25NO4.C11H24O3/c1-13(2)12-20-11-10-19-9-8-18-7-6-16-14(17)21-15(3,4)5;1-11(2)10-17-9-8-16-7-6-15-5-4-13-12(3)14;1-4-5-12-6-7-13-8-9-14-10-11(2)3/h13H,6-12H2,1-5H3,(H,16,17);11H,4-10H2,1-3H3,(H,13,14);11H,4-10H2,1-3H3. The van der Waals surface area contributed by atoms with Crippen LogP contribution in [0.25, 0.3) is 0 Å². The third-order valence-electron chi connectivity index (χ3n) is 5.47. The predicted octanol–water partition coefficient (Wildman–Crippen LogP) is 5.15. The van der Waals surface area contributed by atoms with Crippen LogP contribution in [0.3, 0.4) is 0 Å². The summed E-state index contributed by atoms with van der Waals surface area (Å²) >= 11 is 0. The molecule has 0 aliphatic carbocycles. The first kappa shape index (κ1) is 54.7. The normalized spacial score (nSPS) is 11.3. The first-order valence-electron chi connectivity index (χ1n) is 19.1. The molecule has 0 heterocycles. The van der Waals surface area contributed by atoms with Crippen LogP contribution in [0, 0.1) is 17.8 Å². The van der Waals surface area contributed by atoms with E-state index in [2.05, 4.69) is 59.1 Å². The number of hydrogen-bond acceptors (Lipinski definition) is 12. The van der Waals surface area contributed by atoms with Gasteiger partial charge in [0.25, 0.3) is 0 Å². The van der Waals surface area contributed by atoms with Crippen LogP contribution in [0.4, 0.5) is 4.79 Å². The Kier molecular flexibility index (Phi) is 44.3. The smallest absolute Gasteiger partial charge is 0.407 e. The van der Waals surface area contributed by atoms with E-state index in [0.29, 0.717) is 123 Å². The fourth-order valence-corrected chi connectivity index (χ4v) is 3.26. The summed E-state index contributed by atoms with van der Waals surface area (Å²) in [6, 6.07) is 0. The monoisotopic (exact) mass is 757 g/mol. The third kappa shape index (κ3) is 60.5. The van der Waals surface area contributed by atoms with Crippen LogP contribution in [-0.2, 0) is 52.2 Å². The summed E-state index contributed by atoms with van der Waals surface area (Å²) in [7, 11) is 0. The van der Waals surface area contributed by atoms with Gasteiger partial charge in [0.2, 0.25) is 5.91 Å². The molecule has 0 aromatic heterocycles. The van der Waals surface area contributed by atoms with Gasteiger partial charge >= 0.3 is 6.09 Å². The summed E-state index contributed by atoms with van der Waals surface area (Å²) in [6.07, 6.45) is 0.641. The molecule has 2 amide bonds. The van der Waals surface area contributed by atoms with E-state index in [9.17, 15) is 9.59 Å². The second kappa shape index (κ2) is 42.1. The van der Waals surface area contributed by atoms with Crippen molar-refractivity contribution in [3.05, 3.63) is 0 Å². The van der Waals surface area contributed by atoms with Crippen molar-refractivity contribution in [1.29, 1.82) is 0 Å². The van der Waals surface area contributed by atoms with Gasteiger partial charge < -0.3 is 58.0 Å². The van der Waals surface area contributed by atoms with E-state index in [1.807, 2.05) is 20.8 Å². The summed E-state index contributed by atoms with van der Waals surface area (Å²) in [5.41, 5.74) is -0.476. The zero-order valence-electron chi connectivity index (χ0n) is 35.0. The maximum absolute atomic E-state index is 11.3. The summed E-state index contributed by atoms with van der Waals surface area (Å²) < 4.78 is 53.0. The Morgan fingerprint density at radius 2 is 0.750 bits per heavy atom. The summed E-state index contributed by atoms with van der Waals surface area (Å²) in [6.45, 7) is 34.2. The van der Waals surface area contributed by atoms with Crippen molar-refractivity contribution in [3.63, 3.8) is 0 Å². The largest absolute Gasteiger partial charge is 0.444 e. The quantitative estimate of drug-likeness (QED) is 0.0875. The molecule has 0 aliphatic rings. The van der Waals surface area contributed by atoms with E-state index in [1.165, 1.54) is 6.92 Å². The number of hydrogen-bond donors (Lipinski definition) is 2. The molecule has 0 aliphatic heterocycles. The molecule has 14 heteroatoms. The van der Waals surface area contributed by atoms with Crippen LogP contribution < -0.4 is 10.6 Å². The van der Waals surface area contributed by atoms with Gasteiger partial charge in [-0.25, -0.2) is 4.79 Å². The Balaban J connectivity index is -0.000000708. The van der Waals surface area contributed by atoms with Crippen molar-refractivity contribution in [2.75, 3.05) is 132 Å². The lowest BCUT2D eigenvalue weighted by molar-refractivity contribution is -0.119. The zero-order valence-corrected chi connectivity index (χ0v) is 35.0. The Labute approximate surface area is 317 Å². The molecule has 0 atom stereocenters. The highest BCUT2D eigenvalue weighted by molar-refractivity contribution is 5.72. The number of rotatable bonds is 32. The van der Waals surface area contributed by atoms with Crippen molar-refractivity contribution in [2.45, 2.75) is 88.2 Å². The molecule has 0 aromatic carbocycles. The molecule has 0 rings (SSSR count). The zero-order chi connectivity index (χ0) is 39.7. The second-order valence-electron chi connectivity index (χ2n) is 14.0. The van der Waals surface area contributed by atoms with E-state index < -0.39 is 11.7 Å². The lowest BCUT2D eigenvalue weighted by Crippen LogP contribution is -2.34. The van der Waals surface area contributed by atoms with Gasteiger partial charge in [0, 0.05) is 46.4 Å². The lowest BCUT2D eigenvalue weighted by atomic mass is 10.2. The number of amides is 2. The SMILES string of the molecule is CC(=O)NCCOCCOCCOCC(C)C.CC(C)COCCOCCOCCNC(=O)OC(C)(C)C.CCCOCCOCCOCC(C)C. The maximum atomic E-state index is 11.3. The van der Waals surface area contributed by atoms with E-state index >= 15 is 0 Å². The highest BCUT2D eigenvalue weighted by Gasteiger charge is 2.15. The Hall–Kier alpha value is -1.62. The second-order valence-corrected chi connectivity index (χ2v) is 14.0. The number of nitrogens with one attached hydrogen (secondary N) is 2. The van der Waals surface area contributed by atoms with E-state index in [1.54, 1.807) is 0 Å². The molecule has 0 saturated heterocycles. The van der Waals surface area contributed by atoms with Crippen molar-refractivity contribution in [2.24, 2.45) is 17.8 Å². The Bertz CT molecular complexity index is 737. The molecule has 14 nitrogen and oxygen atoms in total. The highest BCUT2D eigenvalue weighted by Crippen LogP contribution is 2.06. The Morgan fingerprint density at radius 3 is 1.04 bits per heavy atom. The molecule has 52 heavy (non-hydrogen) atoms. The third-order valence-corrected chi connectivity index (χ3v) is 5.47. The van der Waals surface area contributed by atoms with Gasteiger partial charge in [0.15, 0.2) is 0 Å². The van der Waals surface area contributed by atoms with Gasteiger partial charge in [0.1, 0.15) is 5.60 Å². The van der Waals surface area contributed by atoms with E-state index in [0.717, 1.165) is 32.8 Å². The molecule has 0 aromatic rings. The molecular formula is C38H80N2O12. The topological polar surface area (TPSA) is 150 Å². The summed E-state index contributed by atoms with van der Waals surface area (Å²) in [5.74, 6) is 1.67. The molecule has 0 unspecified atom stereocenters. The van der Waals surface area contributed by atoms with Crippen molar-refractivity contribution >= 4 is 12.0 Å². The fourth-order valence-electron chi connectivity index (χ4n) is 3.26. The van der Waals surface area contributed by atoms with Gasteiger partial charge in [0.05, 0.1) is 92.5 Å². The first-order chi connectivity index (χ1) is 24.7. The molecule has 314 valence electrons. The predicted molar refractivity (Wildman–Crippen MR) is 205 cm³/mol. The van der Waals surface area contributed by atoms with Crippen LogP contribution in [-0.4, -0.2) is 150 Å². The van der Waals surface area contributed by atoms with Gasteiger partial charge in [-0.3, -0.25) is 4.79 Å². The average Bonchev–Trinajstić information content (AvgIpc) is 3.04. The van der Waals surface area contributed by atoms with Crippen LogP contribution >= 0.6 is 0 Å². The van der Waals surface area contributed by atoms with Gasteiger partial charge in [-0.2, -0.15) is 0 Å². The molecule has 0 radical (unpaired) electrons. The van der Waals surface area contributed by atoms with Gasteiger partial charge in [-0.1, -0.05) is 48.5 Å². The number of carbonyl (C=O) groups excluding carboxylic acids is 2. The number of carbonyl (C=O) groups is 2. The average molecular weight is 757 g/mol. The van der Waals surface area contributed by atoms with Crippen LogP contribution in [0.2, 0.25) is 0 Å². The summed E-state index contributed by atoms with van der Waals surface area (Å²) in [5, 5.41) is 5.27. The maximum Gasteiger partial charge on any atom is 0.407 e. The van der Waals surface area contributed by atoms with Crippen molar-refractivity contribution in [1.82, 2.24) is 10.6 Å². The minimum Gasteiger partial charge on any atom is -0.444 e. The first-order valence-corrected chi connectivity index (χ1v) is 19.1. The molecule has 0 bridgehead atoms. The molecular weight excluding hydrogens is 676 g/mol. The van der Waals surface area contributed by atoms with Gasteiger partial charge in [-0.15, -0.1) is 0 Å².